The molecule has 48 heavy (non-hydrogen) atoms. The highest BCUT2D eigenvalue weighted by Gasteiger charge is 2.37. The van der Waals surface area contributed by atoms with Gasteiger partial charge in [0.1, 0.15) is 0 Å². The van der Waals surface area contributed by atoms with Crippen LogP contribution in [0, 0.1) is 6.92 Å². The Bertz CT molecular complexity index is 1710. The zero-order valence-electron chi connectivity index (χ0n) is 27.8. The van der Waals surface area contributed by atoms with Crippen LogP contribution in [0.4, 0.5) is 15.3 Å². The number of para-hydroxylation sites is 1. The Balaban J connectivity index is 1.02. The number of ether oxygens (including phenoxy) is 1. The fourth-order valence-electron chi connectivity index (χ4n) is 7.72. The van der Waals surface area contributed by atoms with Crippen LogP contribution in [0.1, 0.15) is 42.4 Å². The van der Waals surface area contributed by atoms with Crippen molar-refractivity contribution in [1.29, 1.82) is 0 Å². The number of amides is 4. The number of anilines is 1. The summed E-state index contributed by atoms with van der Waals surface area (Å²) in [7, 11) is 2.15. The SMILES string of the molecule is Cc1cc(C[C@@H](OC(=O)N2CCC(N3Cc4ccccc4NC3=O)CC2)C(=O)N2CCC(N3CCN(C)CC3)CC2)cc2oc(=O)[nH]c12. The number of nitrogens with one attached hydrogen (secondary N) is 2. The standard InChI is InChI=1S/C35H45N7O6/c1-23-19-24(20-29-31(23)37-34(45)47-29)21-30(32(43)40-11-7-26(8-12-40)39-17-15-38(2)16-18-39)48-35(46)41-13-9-27(10-14-41)42-22-25-5-3-4-6-28(25)36-33(42)44/h3-6,19-20,26-27,30H,7-18,21-22H2,1-2H3,(H,36,44)(H,37,45)/t30-/m1/s1. The van der Waals surface area contributed by atoms with Gasteiger partial charge >= 0.3 is 17.9 Å². The van der Waals surface area contributed by atoms with E-state index in [0.29, 0.717) is 62.7 Å². The second-order valence-electron chi connectivity index (χ2n) is 13.7. The lowest BCUT2D eigenvalue weighted by Gasteiger charge is -2.42. The number of piperazine rings is 1. The molecule has 0 saturated carbocycles. The number of oxazole rings is 1. The normalized spacial score (nSPS) is 20.9. The van der Waals surface area contributed by atoms with Crippen LogP contribution in [0.2, 0.25) is 0 Å². The first-order valence-corrected chi connectivity index (χ1v) is 17.2. The molecule has 13 heteroatoms. The molecular formula is C35H45N7O6. The molecule has 7 rings (SSSR count). The van der Waals surface area contributed by atoms with Crippen molar-refractivity contribution in [3.63, 3.8) is 0 Å². The number of nitrogens with zero attached hydrogens (tertiary/aromatic N) is 5. The zero-order valence-corrected chi connectivity index (χ0v) is 27.8. The van der Waals surface area contributed by atoms with E-state index in [9.17, 15) is 19.2 Å². The van der Waals surface area contributed by atoms with E-state index >= 15 is 0 Å². The summed E-state index contributed by atoms with van der Waals surface area (Å²) in [6.07, 6.45) is 1.62. The van der Waals surface area contributed by atoms with Crippen molar-refractivity contribution in [2.75, 3.05) is 64.7 Å². The van der Waals surface area contributed by atoms with Crippen molar-refractivity contribution >= 4 is 34.8 Å². The van der Waals surface area contributed by atoms with Gasteiger partial charge in [0.25, 0.3) is 5.91 Å². The Morgan fingerprint density at radius 3 is 2.35 bits per heavy atom. The first-order valence-electron chi connectivity index (χ1n) is 17.2. The number of aromatic amines is 1. The molecule has 4 aliphatic rings. The number of carbonyl (C=O) groups excluding carboxylic acids is 3. The van der Waals surface area contributed by atoms with Gasteiger partial charge in [0.2, 0.25) is 0 Å². The number of urea groups is 1. The van der Waals surface area contributed by atoms with Gasteiger partial charge in [-0.05, 0) is 68.5 Å². The van der Waals surface area contributed by atoms with Crippen LogP contribution in [0.3, 0.4) is 0 Å². The van der Waals surface area contributed by atoms with Gasteiger partial charge in [0.05, 0.1) is 5.52 Å². The zero-order chi connectivity index (χ0) is 33.4. The molecule has 13 nitrogen and oxygen atoms in total. The third-order valence-electron chi connectivity index (χ3n) is 10.6. The molecule has 3 fully saturated rings. The number of hydrogen-bond donors (Lipinski definition) is 2. The average Bonchev–Trinajstić information content (AvgIpc) is 3.48. The van der Waals surface area contributed by atoms with Gasteiger partial charge in [-0.2, -0.15) is 0 Å². The number of hydrogen-bond acceptors (Lipinski definition) is 8. The smallest absolute Gasteiger partial charge is 0.417 e. The molecule has 5 heterocycles. The molecule has 0 spiro atoms. The minimum atomic E-state index is -1.03. The van der Waals surface area contributed by atoms with Crippen molar-refractivity contribution in [2.24, 2.45) is 0 Å². The average molecular weight is 660 g/mol. The van der Waals surface area contributed by atoms with Gasteiger partial charge in [0.15, 0.2) is 11.7 Å². The summed E-state index contributed by atoms with van der Waals surface area (Å²) in [5, 5.41) is 2.98. The molecule has 0 unspecified atom stereocenters. The molecule has 3 saturated heterocycles. The highest BCUT2D eigenvalue weighted by atomic mass is 16.6. The summed E-state index contributed by atoms with van der Waals surface area (Å²) in [5.74, 6) is -0.742. The predicted molar refractivity (Wildman–Crippen MR) is 180 cm³/mol. The molecule has 4 amide bonds. The van der Waals surface area contributed by atoms with Crippen molar-refractivity contribution in [3.05, 3.63) is 63.6 Å². The van der Waals surface area contributed by atoms with Crippen LogP contribution in [-0.4, -0.2) is 125 Å². The van der Waals surface area contributed by atoms with Crippen LogP contribution in [0.15, 0.2) is 45.6 Å². The second kappa shape index (κ2) is 13.6. The summed E-state index contributed by atoms with van der Waals surface area (Å²) in [6.45, 7) is 8.66. The fraction of sp³-hybridized carbons (Fsp3) is 0.543. The molecule has 0 bridgehead atoms. The molecular weight excluding hydrogens is 614 g/mol. The van der Waals surface area contributed by atoms with Crippen LogP contribution < -0.4 is 11.1 Å². The summed E-state index contributed by atoms with van der Waals surface area (Å²) >= 11 is 0. The van der Waals surface area contributed by atoms with Gasteiger partial charge in [-0.15, -0.1) is 0 Å². The van der Waals surface area contributed by atoms with Gasteiger partial charge in [-0.3, -0.25) is 14.7 Å². The first-order chi connectivity index (χ1) is 23.2. The van der Waals surface area contributed by atoms with Gasteiger partial charge in [0, 0.05) is 83.1 Å². The maximum absolute atomic E-state index is 14.1. The predicted octanol–water partition coefficient (Wildman–Crippen LogP) is 3.23. The van der Waals surface area contributed by atoms with Gasteiger partial charge in [-0.25, -0.2) is 14.4 Å². The fourth-order valence-corrected chi connectivity index (χ4v) is 7.72. The lowest BCUT2D eigenvalue weighted by molar-refractivity contribution is -0.142. The number of benzene rings is 2. The molecule has 3 aromatic rings. The van der Waals surface area contributed by atoms with E-state index in [1.165, 1.54) is 0 Å². The molecule has 2 aromatic carbocycles. The van der Waals surface area contributed by atoms with Crippen LogP contribution in [0.25, 0.3) is 11.1 Å². The molecule has 256 valence electrons. The van der Waals surface area contributed by atoms with E-state index in [2.05, 4.69) is 27.1 Å². The number of H-pyrrole nitrogens is 1. The van der Waals surface area contributed by atoms with E-state index in [4.69, 9.17) is 9.15 Å². The number of piperidine rings is 2. The van der Waals surface area contributed by atoms with E-state index in [1.54, 1.807) is 11.0 Å². The Morgan fingerprint density at radius 1 is 0.917 bits per heavy atom. The van der Waals surface area contributed by atoms with E-state index in [0.717, 1.165) is 61.4 Å². The number of carbonyl (C=O) groups is 3. The lowest BCUT2D eigenvalue weighted by Crippen LogP contribution is -2.55. The van der Waals surface area contributed by atoms with E-state index in [1.807, 2.05) is 47.1 Å². The second-order valence-corrected chi connectivity index (χ2v) is 13.7. The number of aryl methyl sites for hydroxylation is 1. The molecule has 1 aromatic heterocycles. The summed E-state index contributed by atoms with van der Waals surface area (Å²) in [4.78, 5) is 65.4. The Kier molecular flexibility index (Phi) is 9.15. The summed E-state index contributed by atoms with van der Waals surface area (Å²) in [5.41, 5.74) is 4.49. The molecule has 0 aliphatic carbocycles. The Morgan fingerprint density at radius 2 is 1.60 bits per heavy atom. The molecule has 4 aliphatic heterocycles. The van der Waals surface area contributed by atoms with Crippen LogP contribution in [0.5, 0.6) is 0 Å². The van der Waals surface area contributed by atoms with E-state index in [-0.39, 0.29) is 24.4 Å². The first kappa shape index (κ1) is 32.2. The Hall–Kier alpha value is -4.36. The number of likely N-dealkylation sites (N-methyl/N-ethyl adjacent to an activating group) is 1. The maximum atomic E-state index is 14.1. The summed E-state index contributed by atoms with van der Waals surface area (Å²) < 4.78 is 11.4. The van der Waals surface area contributed by atoms with Crippen molar-refractivity contribution < 1.29 is 23.5 Å². The minimum Gasteiger partial charge on any atom is -0.436 e. The largest absolute Gasteiger partial charge is 0.436 e. The lowest BCUT2D eigenvalue weighted by atomic mass is 9.99. The molecule has 1 atom stereocenters. The number of rotatable bonds is 6. The van der Waals surface area contributed by atoms with Crippen LogP contribution in [-0.2, 0) is 22.5 Å². The highest BCUT2D eigenvalue weighted by molar-refractivity contribution is 5.92. The number of fused-ring (bicyclic) bond motifs is 2. The monoisotopic (exact) mass is 659 g/mol. The maximum Gasteiger partial charge on any atom is 0.417 e. The summed E-state index contributed by atoms with van der Waals surface area (Å²) in [6, 6.07) is 11.7. The molecule has 0 radical (unpaired) electrons. The minimum absolute atomic E-state index is 0.00728. The van der Waals surface area contributed by atoms with Crippen molar-refractivity contribution in [1.82, 2.24) is 29.5 Å². The number of likely N-dealkylation sites (tertiary alicyclic amines) is 2. The third-order valence-corrected chi connectivity index (χ3v) is 10.6. The number of aromatic nitrogens is 1. The van der Waals surface area contributed by atoms with Crippen molar-refractivity contribution in [2.45, 2.75) is 63.8 Å². The molecule has 2 N–H and O–H groups in total. The third kappa shape index (κ3) is 6.79. The van der Waals surface area contributed by atoms with Crippen LogP contribution >= 0.6 is 0 Å². The highest BCUT2D eigenvalue weighted by Crippen LogP contribution is 2.28. The Labute approximate surface area is 279 Å². The topological polar surface area (TPSA) is 135 Å². The van der Waals surface area contributed by atoms with Crippen molar-refractivity contribution in [3.8, 4) is 0 Å². The van der Waals surface area contributed by atoms with E-state index < -0.39 is 18.0 Å². The van der Waals surface area contributed by atoms with Gasteiger partial charge < -0.3 is 34.1 Å². The quantitative estimate of drug-likeness (QED) is 0.412. The van der Waals surface area contributed by atoms with Gasteiger partial charge in [-0.1, -0.05) is 24.3 Å².